The van der Waals surface area contributed by atoms with Crippen molar-refractivity contribution in [2.24, 2.45) is 5.73 Å². The third-order valence-corrected chi connectivity index (χ3v) is 2.51. The molecule has 0 aromatic carbocycles. The Balaban J connectivity index is 2.64. The molecule has 2 N–H and O–H groups in total. The SMILES string of the molecule is C=CCN(/C=C\C/C=C(/N)CC)c1cccnc1. The molecular formula is C15H21N3. The van der Waals surface area contributed by atoms with Gasteiger partial charge in [-0.05, 0) is 25.0 Å². The van der Waals surface area contributed by atoms with Crippen molar-refractivity contribution in [1.29, 1.82) is 0 Å². The summed E-state index contributed by atoms with van der Waals surface area (Å²) < 4.78 is 0. The Morgan fingerprint density at radius 1 is 1.56 bits per heavy atom. The van der Waals surface area contributed by atoms with Crippen LogP contribution in [0.25, 0.3) is 0 Å². The predicted molar refractivity (Wildman–Crippen MR) is 78.1 cm³/mol. The molecule has 96 valence electrons. The van der Waals surface area contributed by atoms with Gasteiger partial charge in [-0.25, -0.2) is 0 Å². The quantitative estimate of drug-likeness (QED) is 0.748. The van der Waals surface area contributed by atoms with Crippen LogP contribution in [0.15, 0.2) is 61.2 Å². The molecule has 1 heterocycles. The molecule has 3 nitrogen and oxygen atoms in total. The number of allylic oxidation sites excluding steroid dienone is 3. The Morgan fingerprint density at radius 2 is 2.39 bits per heavy atom. The lowest BCUT2D eigenvalue weighted by molar-refractivity contribution is 1.04. The van der Waals surface area contributed by atoms with Crippen LogP contribution in [0.2, 0.25) is 0 Å². The Labute approximate surface area is 109 Å². The number of pyridine rings is 1. The molecule has 0 aliphatic rings. The average molecular weight is 243 g/mol. The van der Waals surface area contributed by atoms with Gasteiger partial charge in [-0.15, -0.1) is 6.58 Å². The fraction of sp³-hybridized carbons (Fsp3) is 0.267. The molecule has 0 aliphatic heterocycles. The van der Waals surface area contributed by atoms with Gasteiger partial charge in [0.15, 0.2) is 0 Å². The molecule has 1 aromatic rings. The minimum Gasteiger partial charge on any atom is -0.402 e. The second-order valence-corrected chi connectivity index (χ2v) is 3.91. The molecular weight excluding hydrogens is 222 g/mol. The standard InChI is InChI=1S/C15H21N3/c1-3-11-18(15-9-7-10-17-13-15)12-6-5-8-14(16)4-2/h3,6-10,12-13H,1,4-5,11,16H2,2H3/b12-6-,14-8+. The lowest BCUT2D eigenvalue weighted by Crippen LogP contribution is -2.15. The maximum Gasteiger partial charge on any atom is 0.0595 e. The smallest absolute Gasteiger partial charge is 0.0595 e. The van der Waals surface area contributed by atoms with E-state index in [-0.39, 0.29) is 0 Å². The zero-order chi connectivity index (χ0) is 13.2. The first kappa shape index (κ1) is 14.0. The van der Waals surface area contributed by atoms with Gasteiger partial charge in [0, 0.05) is 24.6 Å². The molecule has 0 spiro atoms. The summed E-state index contributed by atoms with van der Waals surface area (Å²) >= 11 is 0. The van der Waals surface area contributed by atoms with E-state index in [4.69, 9.17) is 5.73 Å². The van der Waals surface area contributed by atoms with Crippen molar-refractivity contribution in [3.8, 4) is 0 Å². The van der Waals surface area contributed by atoms with E-state index in [1.165, 1.54) is 0 Å². The fourth-order valence-electron chi connectivity index (χ4n) is 1.47. The van der Waals surface area contributed by atoms with E-state index < -0.39 is 0 Å². The van der Waals surface area contributed by atoms with E-state index in [0.717, 1.165) is 30.8 Å². The van der Waals surface area contributed by atoms with Crippen molar-refractivity contribution >= 4 is 5.69 Å². The van der Waals surface area contributed by atoms with Crippen molar-refractivity contribution in [2.45, 2.75) is 19.8 Å². The van der Waals surface area contributed by atoms with Gasteiger partial charge in [-0.1, -0.05) is 25.2 Å². The van der Waals surface area contributed by atoms with Gasteiger partial charge in [0.25, 0.3) is 0 Å². The second kappa shape index (κ2) is 8.12. The van der Waals surface area contributed by atoms with E-state index in [0.29, 0.717) is 0 Å². The minimum atomic E-state index is 0.759. The molecule has 1 aromatic heterocycles. The molecule has 0 fully saturated rings. The Morgan fingerprint density at radius 3 is 3.00 bits per heavy atom. The minimum absolute atomic E-state index is 0.759. The van der Waals surface area contributed by atoms with E-state index >= 15 is 0 Å². The molecule has 0 bridgehead atoms. The van der Waals surface area contributed by atoms with Crippen LogP contribution in [-0.4, -0.2) is 11.5 Å². The maximum atomic E-state index is 5.75. The second-order valence-electron chi connectivity index (χ2n) is 3.91. The van der Waals surface area contributed by atoms with Crippen molar-refractivity contribution < 1.29 is 0 Å². The van der Waals surface area contributed by atoms with Crippen molar-refractivity contribution in [3.63, 3.8) is 0 Å². The molecule has 0 saturated carbocycles. The van der Waals surface area contributed by atoms with Crippen LogP contribution < -0.4 is 10.6 Å². The molecule has 1 rings (SSSR count). The normalized spacial score (nSPS) is 11.7. The molecule has 0 atom stereocenters. The molecule has 0 unspecified atom stereocenters. The van der Waals surface area contributed by atoms with Gasteiger partial charge in [-0.3, -0.25) is 4.98 Å². The third-order valence-electron chi connectivity index (χ3n) is 2.51. The third kappa shape index (κ3) is 4.87. The van der Waals surface area contributed by atoms with Crippen LogP contribution >= 0.6 is 0 Å². The summed E-state index contributed by atoms with van der Waals surface area (Å²) in [4.78, 5) is 6.21. The van der Waals surface area contributed by atoms with Crippen LogP contribution in [0, 0.1) is 0 Å². The summed E-state index contributed by atoms with van der Waals surface area (Å²) in [5.41, 5.74) is 7.73. The van der Waals surface area contributed by atoms with Crippen molar-refractivity contribution in [2.75, 3.05) is 11.4 Å². The predicted octanol–water partition coefficient (Wildman–Crippen LogP) is 3.23. The highest BCUT2D eigenvalue weighted by Crippen LogP contribution is 2.12. The first-order valence-electron chi connectivity index (χ1n) is 6.16. The highest BCUT2D eigenvalue weighted by atomic mass is 15.1. The first-order chi connectivity index (χ1) is 8.77. The number of nitrogens with zero attached hydrogens (tertiary/aromatic N) is 2. The Hall–Kier alpha value is -2.03. The number of aromatic nitrogens is 1. The summed E-state index contributed by atoms with van der Waals surface area (Å²) in [6.45, 7) is 6.58. The number of anilines is 1. The molecule has 0 saturated heterocycles. The average Bonchev–Trinajstić information content (AvgIpc) is 2.43. The van der Waals surface area contributed by atoms with E-state index in [1.54, 1.807) is 6.20 Å². The summed E-state index contributed by atoms with van der Waals surface area (Å²) in [7, 11) is 0. The fourth-order valence-corrected chi connectivity index (χ4v) is 1.47. The van der Waals surface area contributed by atoms with E-state index in [9.17, 15) is 0 Å². The van der Waals surface area contributed by atoms with Gasteiger partial charge >= 0.3 is 0 Å². The topological polar surface area (TPSA) is 42.1 Å². The Bertz CT molecular complexity index is 407. The lowest BCUT2D eigenvalue weighted by Gasteiger charge is -2.17. The van der Waals surface area contributed by atoms with Gasteiger partial charge in [0.2, 0.25) is 0 Å². The summed E-state index contributed by atoms with van der Waals surface area (Å²) in [6.07, 6.45) is 13.4. The summed E-state index contributed by atoms with van der Waals surface area (Å²) in [5.74, 6) is 0. The number of hydrogen-bond donors (Lipinski definition) is 1. The van der Waals surface area contributed by atoms with E-state index in [1.807, 2.05) is 36.7 Å². The van der Waals surface area contributed by atoms with Crippen LogP contribution in [0.4, 0.5) is 5.69 Å². The molecule has 3 heteroatoms. The monoisotopic (exact) mass is 243 g/mol. The van der Waals surface area contributed by atoms with Crippen molar-refractivity contribution in [3.05, 3.63) is 61.2 Å². The summed E-state index contributed by atoms with van der Waals surface area (Å²) in [6, 6.07) is 3.95. The van der Waals surface area contributed by atoms with Gasteiger partial charge in [0.1, 0.15) is 0 Å². The zero-order valence-corrected chi connectivity index (χ0v) is 10.9. The maximum absolute atomic E-state index is 5.75. The van der Waals surface area contributed by atoms with Crippen LogP contribution in [0.5, 0.6) is 0 Å². The molecule has 0 radical (unpaired) electrons. The number of nitrogens with two attached hydrogens (primary N) is 1. The molecule has 0 amide bonds. The van der Waals surface area contributed by atoms with Crippen LogP contribution in [0.1, 0.15) is 19.8 Å². The Kier molecular flexibility index (Phi) is 6.33. The van der Waals surface area contributed by atoms with Gasteiger partial charge in [0.05, 0.1) is 11.9 Å². The summed E-state index contributed by atoms with van der Waals surface area (Å²) in [5, 5.41) is 0. The van der Waals surface area contributed by atoms with Crippen molar-refractivity contribution in [1.82, 2.24) is 4.98 Å². The highest BCUT2D eigenvalue weighted by Gasteiger charge is 1.99. The first-order valence-corrected chi connectivity index (χ1v) is 6.16. The van der Waals surface area contributed by atoms with Gasteiger partial charge in [-0.2, -0.15) is 0 Å². The van der Waals surface area contributed by atoms with Crippen LogP contribution in [-0.2, 0) is 0 Å². The number of hydrogen-bond acceptors (Lipinski definition) is 3. The molecule has 18 heavy (non-hydrogen) atoms. The lowest BCUT2D eigenvalue weighted by atomic mass is 10.3. The van der Waals surface area contributed by atoms with Gasteiger partial charge < -0.3 is 10.6 Å². The van der Waals surface area contributed by atoms with Crippen LogP contribution in [0.3, 0.4) is 0 Å². The zero-order valence-electron chi connectivity index (χ0n) is 10.9. The number of rotatable bonds is 7. The molecule has 0 aliphatic carbocycles. The largest absolute Gasteiger partial charge is 0.402 e. The highest BCUT2D eigenvalue weighted by molar-refractivity contribution is 5.47. The van der Waals surface area contributed by atoms with E-state index in [2.05, 4.69) is 29.5 Å².